The molecule has 0 saturated carbocycles. The van der Waals surface area contributed by atoms with Gasteiger partial charge in [-0.25, -0.2) is 14.2 Å². The Bertz CT molecular complexity index is 1250. The van der Waals surface area contributed by atoms with Gasteiger partial charge >= 0.3 is 5.97 Å². The third-order valence-electron chi connectivity index (χ3n) is 5.78. The fourth-order valence-corrected chi connectivity index (χ4v) is 5.03. The Morgan fingerprint density at radius 2 is 1.94 bits per heavy atom. The van der Waals surface area contributed by atoms with Crippen LogP contribution in [0.5, 0.6) is 0 Å². The smallest absolute Gasteiger partial charge is 0.338 e. The van der Waals surface area contributed by atoms with Crippen LogP contribution in [0.15, 0.2) is 88.6 Å². The average Bonchev–Trinajstić information content (AvgIpc) is 3.23. The molecule has 0 fully saturated rings. The summed E-state index contributed by atoms with van der Waals surface area (Å²) in [6.45, 7) is 7.80. The van der Waals surface area contributed by atoms with E-state index in [0.717, 1.165) is 22.4 Å². The minimum Gasteiger partial charge on any atom is -0.458 e. The molecule has 180 valence electrons. The molecule has 0 spiro atoms. The highest BCUT2D eigenvalue weighted by Gasteiger charge is 2.41. The SMILES string of the molecule is C=CCOC(=O)C1=C(C)N=C2SC=C(CC(=O)NCc3ccc(F)cc3)N2C1c1ccccc1C. The number of aryl methyl sites for hydroxylation is 1. The minimum absolute atomic E-state index is 0.0932. The van der Waals surface area contributed by atoms with Gasteiger partial charge in [0.15, 0.2) is 5.17 Å². The number of nitrogens with zero attached hydrogens (tertiary/aromatic N) is 2. The topological polar surface area (TPSA) is 71.0 Å². The molecule has 0 bridgehead atoms. The van der Waals surface area contributed by atoms with Crippen LogP contribution < -0.4 is 5.32 Å². The number of carbonyl (C=O) groups excluding carboxylic acids is 2. The van der Waals surface area contributed by atoms with Crippen molar-refractivity contribution in [2.24, 2.45) is 4.99 Å². The molecule has 2 aliphatic rings. The zero-order chi connectivity index (χ0) is 24.9. The number of fused-ring (bicyclic) bond motifs is 1. The van der Waals surface area contributed by atoms with Crippen LogP contribution in [-0.4, -0.2) is 28.6 Å². The van der Waals surface area contributed by atoms with Crippen molar-refractivity contribution in [2.45, 2.75) is 32.9 Å². The number of nitrogens with one attached hydrogen (secondary N) is 1. The van der Waals surface area contributed by atoms with Crippen molar-refractivity contribution < 1.29 is 18.7 Å². The molecule has 0 aromatic heterocycles. The van der Waals surface area contributed by atoms with Gasteiger partial charge in [-0.1, -0.05) is 60.8 Å². The number of carbonyl (C=O) groups is 2. The molecule has 0 aliphatic carbocycles. The van der Waals surface area contributed by atoms with Gasteiger partial charge in [-0.15, -0.1) is 0 Å². The first-order chi connectivity index (χ1) is 16.9. The van der Waals surface area contributed by atoms with E-state index in [2.05, 4.69) is 16.9 Å². The van der Waals surface area contributed by atoms with Crippen molar-refractivity contribution in [1.82, 2.24) is 10.2 Å². The lowest BCUT2D eigenvalue weighted by atomic mass is 9.91. The van der Waals surface area contributed by atoms with Crippen LogP contribution in [0.4, 0.5) is 4.39 Å². The molecular weight excluding hydrogens is 465 g/mol. The number of hydrogen-bond donors (Lipinski definition) is 1. The van der Waals surface area contributed by atoms with Crippen molar-refractivity contribution in [1.29, 1.82) is 0 Å². The molecule has 0 saturated heterocycles. The normalized spacial score (nSPS) is 16.9. The Morgan fingerprint density at radius 3 is 2.66 bits per heavy atom. The summed E-state index contributed by atoms with van der Waals surface area (Å²) in [5.41, 5.74) is 4.51. The molecule has 1 unspecified atom stereocenters. The number of ether oxygens (including phenoxy) is 1. The number of hydrogen-bond acceptors (Lipinski definition) is 6. The second-order valence-electron chi connectivity index (χ2n) is 8.22. The third-order valence-corrected chi connectivity index (χ3v) is 6.67. The summed E-state index contributed by atoms with van der Waals surface area (Å²) in [5, 5.41) is 5.49. The van der Waals surface area contributed by atoms with E-state index in [9.17, 15) is 14.0 Å². The second-order valence-corrected chi connectivity index (χ2v) is 9.05. The van der Waals surface area contributed by atoms with E-state index in [4.69, 9.17) is 4.74 Å². The van der Waals surface area contributed by atoms with Crippen LogP contribution in [0.25, 0.3) is 0 Å². The molecule has 0 radical (unpaired) electrons. The first-order valence-corrected chi connectivity index (χ1v) is 12.1. The largest absolute Gasteiger partial charge is 0.458 e. The van der Waals surface area contributed by atoms with E-state index in [-0.39, 0.29) is 24.8 Å². The maximum atomic E-state index is 13.1. The number of rotatable bonds is 8. The van der Waals surface area contributed by atoms with Gasteiger partial charge in [-0.2, -0.15) is 0 Å². The lowest BCUT2D eigenvalue weighted by Crippen LogP contribution is -2.38. The van der Waals surface area contributed by atoms with Crippen molar-refractivity contribution in [2.75, 3.05) is 6.61 Å². The molecule has 1 N–H and O–H groups in total. The van der Waals surface area contributed by atoms with Crippen molar-refractivity contribution >= 4 is 28.8 Å². The minimum atomic E-state index is -0.479. The molecule has 1 atom stereocenters. The predicted molar refractivity (Wildman–Crippen MR) is 136 cm³/mol. The van der Waals surface area contributed by atoms with Crippen molar-refractivity contribution in [3.8, 4) is 0 Å². The monoisotopic (exact) mass is 491 g/mol. The summed E-state index contributed by atoms with van der Waals surface area (Å²) in [5.74, 6) is -0.971. The molecule has 2 heterocycles. The number of thioether (sulfide) groups is 1. The third kappa shape index (κ3) is 5.38. The van der Waals surface area contributed by atoms with Gasteiger partial charge in [0, 0.05) is 12.2 Å². The Balaban J connectivity index is 1.60. The number of halogens is 1. The number of amidine groups is 1. The molecule has 2 aromatic carbocycles. The standard InChI is InChI=1S/C27H26FN3O3S/c1-4-13-34-26(33)24-18(3)30-27-31(25(24)22-8-6-5-7-17(22)2)21(16-35-27)14-23(32)29-15-19-9-11-20(28)12-10-19/h4-12,16,25H,1,13-15H2,2-3H3,(H,29,32). The van der Waals surface area contributed by atoms with E-state index < -0.39 is 12.0 Å². The van der Waals surface area contributed by atoms with Gasteiger partial charge in [0.1, 0.15) is 12.4 Å². The molecule has 35 heavy (non-hydrogen) atoms. The van der Waals surface area contributed by atoms with Gasteiger partial charge in [0.05, 0.1) is 23.7 Å². The fourth-order valence-electron chi connectivity index (χ4n) is 4.06. The maximum absolute atomic E-state index is 13.1. The van der Waals surface area contributed by atoms with Crippen LogP contribution in [0.1, 0.15) is 36.1 Å². The summed E-state index contributed by atoms with van der Waals surface area (Å²) in [6.07, 6.45) is 1.63. The van der Waals surface area contributed by atoms with Gasteiger partial charge in [0.2, 0.25) is 5.91 Å². The average molecular weight is 492 g/mol. The summed E-state index contributed by atoms with van der Waals surface area (Å²) in [4.78, 5) is 32.5. The quantitative estimate of drug-likeness (QED) is 0.409. The lowest BCUT2D eigenvalue weighted by Gasteiger charge is -2.37. The summed E-state index contributed by atoms with van der Waals surface area (Å²) in [7, 11) is 0. The van der Waals surface area contributed by atoms with Crippen molar-refractivity contribution in [3.05, 3.63) is 106 Å². The zero-order valence-electron chi connectivity index (χ0n) is 19.6. The first kappa shape index (κ1) is 24.5. The Hall–Kier alpha value is -3.65. The number of amides is 1. The highest BCUT2D eigenvalue weighted by Crippen LogP contribution is 2.45. The molecule has 8 heteroatoms. The van der Waals surface area contributed by atoms with Gasteiger partial charge in [-0.3, -0.25) is 4.79 Å². The number of benzene rings is 2. The number of esters is 1. The van der Waals surface area contributed by atoms with Crippen LogP contribution in [0.3, 0.4) is 0 Å². The summed E-state index contributed by atoms with van der Waals surface area (Å²) >= 11 is 1.42. The van der Waals surface area contributed by atoms with Gasteiger partial charge in [0.25, 0.3) is 0 Å². The fraction of sp³-hybridized carbons (Fsp3) is 0.222. The Kier molecular flexibility index (Phi) is 7.51. The Morgan fingerprint density at radius 1 is 1.20 bits per heavy atom. The van der Waals surface area contributed by atoms with Gasteiger partial charge in [-0.05, 0) is 48.1 Å². The molecule has 2 aliphatic heterocycles. The second kappa shape index (κ2) is 10.7. The first-order valence-electron chi connectivity index (χ1n) is 11.2. The zero-order valence-corrected chi connectivity index (χ0v) is 20.4. The van der Waals surface area contributed by atoms with Crippen LogP contribution >= 0.6 is 11.8 Å². The maximum Gasteiger partial charge on any atom is 0.338 e. The molecule has 2 aromatic rings. The molecule has 4 rings (SSSR count). The van der Waals surface area contributed by atoms with Crippen molar-refractivity contribution in [3.63, 3.8) is 0 Å². The molecule has 6 nitrogen and oxygen atoms in total. The number of allylic oxidation sites excluding steroid dienone is 1. The highest BCUT2D eigenvalue weighted by molar-refractivity contribution is 8.16. The highest BCUT2D eigenvalue weighted by atomic mass is 32.2. The van der Waals surface area contributed by atoms with Gasteiger partial charge < -0.3 is 15.0 Å². The van der Waals surface area contributed by atoms with E-state index in [1.165, 1.54) is 30.0 Å². The summed E-state index contributed by atoms with van der Waals surface area (Å²) in [6, 6.07) is 13.4. The van der Waals surface area contributed by atoms with Crippen LogP contribution in [0.2, 0.25) is 0 Å². The number of aliphatic imine (C=N–C) groups is 1. The van der Waals surface area contributed by atoms with Crippen LogP contribution in [0, 0.1) is 12.7 Å². The summed E-state index contributed by atoms with van der Waals surface area (Å²) < 4.78 is 18.6. The van der Waals surface area contributed by atoms with E-state index in [1.54, 1.807) is 19.1 Å². The van der Waals surface area contributed by atoms with E-state index >= 15 is 0 Å². The van der Waals surface area contributed by atoms with E-state index in [1.807, 2.05) is 41.5 Å². The predicted octanol–water partition coefficient (Wildman–Crippen LogP) is 5.14. The molecule has 1 amide bonds. The molecular formula is C27H26FN3O3S. The van der Waals surface area contributed by atoms with E-state index in [0.29, 0.717) is 23.0 Å². The Labute approximate surface area is 208 Å². The van der Waals surface area contributed by atoms with Crippen LogP contribution in [-0.2, 0) is 20.9 Å². The lowest BCUT2D eigenvalue weighted by molar-refractivity contribution is -0.138.